The molecule has 3 N–H and O–H groups in total. The fourth-order valence-corrected chi connectivity index (χ4v) is 2.58. The van der Waals surface area contributed by atoms with Crippen molar-refractivity contribution < 1.29 is 0 Å². The number of nitrogens with two attached hydrogens (primary N) is 1. The van der Waals surface area contributed by atoms with Crippen LogP contribution < -0.4 is 16.2 Å². The molecule has 19 heavy (non-hydrogen) atoms. The van der Waals surface area contributed by atoms with E-state index in [1.165, 1.54) is 11.3 Å². The summed E-state index contributed by atoms with van der Waals surface area (Å²) in [6, 6.07) is 10.4. The SMILES string of the molecule is CC1Cc2ccccc2N(c2ccnc(NN)n2)C1. The molecule has 0 spiro atoms. The van der Waals surface area contributed by atoms with Gasteiger partial charge in [0.15, 0.2) is 0 Å². The first-order chi connectivity index (χ1) is 9.28. The Morgan fingerprint density at radius 2 is 2.16 bits per heavy atom. The second-order valence-electron chi connectivity index (χ2n) is 4.93. The van der Waals surface area contributed by atoms with Gasteiger partial charge in [-0.2, -0.15) is 4.98 Å². The first-order valence-electron chi connectivity index (χ1n) is 6.43. The molecule has 0 saturated heterocycles. The van der Waals surface area contributed by atoms with Crippen molar-refractivity contribution >= 4 is 17.5 Å². The zero-order chi connectivity index (χ0) is 13.2. The van der Waals surface area contributed by atoms with E-state index >= 15 is 0 Å². The van der Waals surface area contributed by atoms with Gasteiger partial charge >= 0.3 is 0 Å². The van der Waals surface area contributed by atoms with E-state index in [-0.39, 0.29) is 0 Å². The van der Waals surface area contributed by atoms with Crippen molar-refractivity contribution in [2.24, 2.45) is 11.8 Å². The lowest BCUT2D eigenvalue weighted by Gasteiger charge is -2.34. The summed E-state index contributed by atoms with van der Waals surface area (Å²) in [5.41, 5.74) is 5.08. The predicted molar refractivity (Wildman–Crippen MR) is 76.2 cm³/mol. The Morgan fingerprint density at radius 1 is 1.32 bits per heavy atom. The van der Waals surface area contributed by atoms with Crippen LogP contribution in [0.1, 0.15) is 12.5 Å². The average molecular weight is 255 g/mol. The topological polar surface area (TPSA) is 67.1 Å². The Labute approximate surface area is 112 Å². The number of anilines is 3. The minimum atomic E-state index is 0.438. The molecule has 98 valence electrons. The Morgan fingerprint density at radius 3 is 3.00 bits per heavy atom. The Bertz CT molecular complexity index is 584. The third-order valence-corrected chi connectivity index (χ3v) is 3.39. The summed E-state index contributed by atoms with van der Waals surface area (Å²) < 4.78 is 0. The van der Waals surface area contributed by atoms with Gasteiger partial charge in [-0.05, 0) is 30.0 Å². The summed E-state index contributed by atoms with van der Waals surface area (Å²) >= 11 is 0. The van der Waals surface area contributed by atoms with Crippen LogP contribution in [0, 0.1) is 5.92 Å². The molecule has 1 aliphatic heterocycles. The lowest BCUT2D eigenvalue weighted by Crippen LogP contribution is -2.31. The Hall–Kier alpha value is -2.14. The molecular formula is C14H17N5. The number of fused-ring (bicyclic) bond motifs is 1. The second-order valence-corrected chi connectivity index (χ2v) is 4.93. The highest BCUT2D eigenvalue weighted by Crippen LogP contribution is 2.34. The Kier molecular flexibility index (Phi) is 3.05. The molecule has 0 bridgehead atoms. The molecule has 0 amide bonds. The van der Waals surface area contributed by atoms with Gasteiger partial charge in [-0.3, -0.25) is 5.43 Å². The highest BCUT2D eigenvalue weighted by Gasteiger charge is 2.23. The number of hydrogen-bond donors (Lipinski definition) is 2. The van der Waals surface area contributed by atoms with Crippen LogP contribution in [0.25, 0.3) is 0 Å². The van der Waals surface area contributed by atoms with Gasteiger partial charge in [-0.25, -0.2) is 10.8 Å². The summed E-state index contributed by atoms with van der Waals surface area (Å²) in [5, 5.41) is 0. The molecule has 1 atom stereocenters. The van der Waals surface area contributed by atoms with Gasteiger partial charge in [0.05, 0.1) is 0 Å². The summed E-state index contributed by atoms with van der Waals surface area (Å²) in [4.78, 5) is 10.7. The van der Waals surface area contributed by atoms with E-state index in [0.29, 0.717) is 11.9 Å². The number of hydrazine groups is 1. The van der Waals surface area contributed by atoms with Crippen molar-refractivity contribution in [2.45, 2.75) is 13.3 Å². The summed E-state index contributed by atoms with van der Waals surface area (Å²) in [7, 11) is 0. The van der Waals surface area contributed by atoms with Crippen LogP contribution in [-0.2, 0) is 6.42 Å². The number of nitrogens with zero attached hydrogens (tertiary/aromatic N) is 3. The molecule has 0 saturated carbocycles. The number of nitrogens with one attached hydrogen (secondary N) is 1. The zero-order valence-electron chi connectivity index (χ0n) is 10.9. The van der Waals surface area contributed by atoms with Crippen LogP contribution in [0.3, 0.4) is 0 Å². The third-order valence-electron chi connectivity index (χ3n) is 3.39. The maximum absolute atomic E-state index is 5.38. The molecular weight excluding hydrogens is 238 g/mol. The summed E-state index contributed by atoms with van der Waals surface area (Å²) in [6.07, 6.45) is 2.83. The molecule has 0 radical (unpaired) electrons. The number of nitrogen functional groups attached to an aromatic ring is 1. The zero-order valence-corrected chi connectivity index (χ0v) is 10.9. The molecule has 5 heteroatoms. The van der Waals surface area contributed by atoms with Crippen LogP contribution in [0.4, 0.5) is 17.5 Å². The standard InChI is InChI=1S/C14H17N5/c1-10-8-11-4-2-3-5-12(11)19(9-10)13-6-7-16-14(17-13)18-15/h2-7,10H,8-9,15H2,1H3,(H,16,17,18). The number of aromatic nitrogens is 2. The number of rotatable bonds is 2. The van der Waals surface area contributed by atoms with Gasteiger partial charge in [0.1, 0.15) is 5.82 Å². The first-order valence-corrected chi connectivity index (χ1v) is 6.43. The first kappa shape index (κ1) is 11.9. The van der Waals surface area contributed by atoms with Crippen molar-refractivity contribution in [2.75, 3.05) is 16.9 Å². The molecule has 1 aromatic carbocycles. The van der Waals surface area contributed by atoms with Crippen LogP contribution in [0.15, 0.2) is 36.5 Å². The monoisotopic (exact) mass is 255 g/mol. The van der Waals surface area contributed by atoms with Crippen LogP contribution in [0.2, 0.25) is 0 Å². The minimum absolute atomic E-state index is 0.438. The summed E-state index contributed by atoms with van der Waals surface area (Å²) in [6.45, 7) is 3.21. The van der Waals surface area contributed by atoms with Crippen LogP contribution in [-0.4, -0.2) is 16.5 Å². The fraction of sp³-hybridized carbons (Fsp3) is 0.286. The highest BCUT2D eigenvalue weighted by atomic mass is 15.3. The largest absolute Gasteiger partial charge is 0.326 e. The molecule has 2 aromatic rings. The predicted octanol–water partition coefficient (Wildman–Crippen LogP) is 2.09. The third kappa shape index (κ3) is 2.24. The van der Waals surface area contributed by atoms with E-state index in [0.717, 1.165) is 18.8 Å². The van der Waals surface area contributed by atoms with Gasteiger partial charge in [0.2, 0.25) is 5.95 Å². The molecule has 0 fully saturated rings. The van der Waals surface area contributed by atoms with E-state index < -0.39 is 0 Å². The van der Waals surface area contributed by atoms with Gasteiger partial charge < -0.3 is 4.90 Å². The fourth-order valence-electron chi connectivity index (χ4n) is 2.58. The van der Waals surface area contributed by atoms with Crippen molar-refractivity contribution in [1.82, 2.24) is 9.97 Å². The van der Waals surface area contributed by atoms with Gasteiger partial charge in [-0.15, -0.1) is 0 Å². The van der Waals surface area contributed by atoms with Gasteiger partial charge in [-0.1, -0.05) is 25.1 Å². The van der Waals surface area contributed by atoms with Crippen molar-refractivity contribution in [3.8, 4) is 0 Å². The smallest absolute Gasteiger partial charge is 0.239 e. The molecule has 0 aliphatic carbocycles. The molecule has 1 unspecified atom stereocenters. The number of benzene rings is 1. The lowest BCUT2D eigenvalue weighted by molar-refractivity contribution is 0.560. The second kappa shape index (κ2) is 4.85. The van der Waals surface area contributed by atoms with E-state index in [4.69, 9.17) is 5.84 Å². The molecule has 5 nitrogen and oxygen atoms in total. The van der Waals surface area contributed by atoms with E-state index in [1.54, 1.807) is 6.20 Å². The van der Waals surface area contributed by atoms with Crippen molar-refractivity contribution in [3.63, 3.8) is 0 Å². The molecule has 1 aliphatic rings. The van der Waals surface area contributed by atoms with E-state index in [1.807, 2.05) is 6.07 Å². The summed E-state index contributed by atoms with van der Waals surface area (Å²) in [5.74, 6) is 7.29. The maximum Gasteiger partial charge on any atom is 0.239 e. The average Bonchev–Trinajstić information content (AvgIpc) is 2.46. The van der Waals surface area contributed by atoms with Crippen LogP contribution in [0.5, 0.6) is 0 Å². The molecule has 3 rings (SSSR count). The van der Waals surface area contributed by atoms with Gasteiger partial charge in [0, 0.05) is 18.4 Å². The molecule has 1 aromatic heterocycles. The highest BCUT2D eigenvalue weighted by molar-refractivity contribution is 5.66. The van der Waals surface area contributed by atoms with E-state index in [9.17, 15) is 0 Å². The number of para-hydroxylation sites is 1. The molecule has 2 heterocycles. The normalized spacial score (nSPS) is 18.0. The Balaban J connectivity index is 2.04. The van der Waals surface area contributed by atoms with E-state index in [2.05, 4.69) is 51.5 Å². The maximum atomic E-state index is 5.38. The van der Waals surface area contributed by atoms with Crippen LogP contribution >= 0.6 is 0 Å². The lowest BCUT2D eigenvalue weighted by atomic mass is 9.94. The van der Waals surface area contributed by atoms with Crippen molar-refractivity contribution in [1.29, 1.82) is 0 Å². The quantitative estimate of drug-likeness (QED) is 0.635. The van der Waals surface area contributed by atoms with Crippen molar-refractivity contribution in [3.05, 3.63) is 42.1 Å². The number of hydrogen-bond acceptors (Lipinski definition) is 5. The van der Waals surface area contributed by atoms with Gasteiger partial charge in [0.25, 0.3) is 0 Å². The minimum Gasteiger partial charge on any atom is -0.326 e.